The molecule has 2 aromatic carbocycles. The third-order valence-electron chi connectivity index (χ3n) is 3.81. The van der Waals surface area contributed by atoms with Crippen LogP contribution in [-0.4, -0.2) is 26.4 Å². The van der Waals surface area contributed by atoms with Gasteiger partial charge >= 0.3 is 0 Å². The fourth-order valence-electron chi connectivity index (χ4n) is 2.50. The Kier molecular flexibility index (Phi) is 9.32. The Hall–Kier alpha value is -1.75. The summed E-state index contributed by atoms with van der Waals surface area (Å²) < 4.78 is 17.0. The van der Waals surface area contributed by atoms with Crippen LogP contribution in [-0.2, 0) is 17.9 Å². The summed E-state index contributed by atoms with van der Waals surface area (Å²) in [4.78, 5) is 0. The summed E-state index contributed by atoms with van der Waals surface area (Å²) in [6.45, 7) is 8.11. The fraction of sp³-hybridized carbons (Fsp3) is 0.429. The van der Waals surface area contributed by atoms with E-state index in [0.29, 0.717) is 30.5 Å². The lowest BCUT2D eigenvalue weighted by atomic mass is 10.2. The number of hydrogen-bond donors (Lipinski definition) is 1. The maximum atomic E-state index is 6.45. The zero-order valence-electron chi connectivity index (χ0n) is 15.6. The SMILES string of the molecule is CCOCCCNCc1cc(OCC)c(OCc2ccccc2)cc1Cl. The Morgan fingerprint density at radius 1 is 0.962 bits per heavy atom. The van der Waals surface area contributed by atoms with Crippen LogP contribution < -0.4 is 14.8 Å². The van der Waals surface area contributed by atoms with Gasteiger partial charge in [0.2, 0.25) is 0 Å². The van der Waals surface area contributed by atoms with E-state index in [-0.39, 0.29) is 0 Å². The average Bonchev–Trinajstić information content (AvgIpc) is 2.66. The lowest BCUT2D eigenvalue weighted by Gasteiger charge is -2.15. The summed E-state index contributed by atoms with van der Waals surface area (Å²) in [5.41, 5.74) is 2.10. The molecule has 0 saturated heterocycles. The molecule has 2 aromatic rings. The molecule has 0 heterocycles. The molecule has 0 aromatic heterocycles. The first-order valence-corrected chi connectivity index (χ1v) is 9.52. The molecule has 5 heteroatoms. The van der Waals surface area contributed by atoms with Crippen LogP contribution in [0, 0.1) is 0 Å². The van der Waals surface area contributed by atoms with Gasteiger partial charge < -0.3 is 19.5 Å². The second kappa shape index (κ2) is 11.8. The number of ether oxygens (including phenoxy) is 3. The first-order chi connectivity index (χ1) is 12.7. The Labute approximate surface area is 161 Å². The number of rotatable bonds is 12. The number of benzene rings is 2. The highest BCUT2D eigenvalue weighted by molar-refractivity contribution is 6.31. The topological polar surface area (TPSA) is 39.7 Å². The molecule has 0 radical (unpaired) electrons. The van der Waals surface area contributed by atoms with E-state index in [4.69, 9.17) is 25.8 Å². The normalized spacial score (nSPS) is 10.7. The van der Waals surface area contributed by atoms with Crippen molar-refractivity contribution in [3.63, 3.8) is 0 Å². The van der Waals surface area contributed by atoms with Gasteiger partial charge in [0.05, 0.1) is 6.61 Å². The van der Waals surface area contributed by atoms with E-state index in [1.165, 1.54) is 0 Å². The summed E-state index contributed by atoms with van der Waals surface area (Å²) in [6, 6.07) is 13.8. The molecule has 26 heavy (non-hydrogen) atoms. The highest BCUT2D eigenvalue weighted by Gasteiger charge is 2.11. The third kappa shape index (κ3) is 6.87. The molecule has 0 atom stereocenters. The van der Waals surface area contributed by atoms with Crippen molar-refractivity contribution in [2.75, 3.05) is 26.4 Å². The molecule has 0 bridgehead atoms. The van der Waals surface area contributed by atoms with Crippen LogP contribution in [0.1, 0.15) is 31.4 Å². The van der Waals surface area contributed by atoms with Gasteiger partial charge in [-0.05, 0) is 44.0 Å². The minimum absolute atomic E-state index is 0.478. The van der Waals surface area contributed by atoms with E-state index in [0.717, 1.165) is 43.1 Å². The van der Waals surface area contributed by atoms with Crippen molar-refractivity contribution in [1.82, 2.24) is 5.32 Å². The van der Waals surface area contributed by atoms with Crippen molar-refractivity contribution in [2.24, 2.45) is 0 Å². The van der Waals surface area contributed by atoms with Gasteiger partial charge in [0.25, 0.3) is 0 Å². The molecule has 0 unspecified atom stereocenters. The van der Waals surface area contributed by atoms with Crippen molar-refractivity contribution in [1.29, 1.82) is 0 Å². The Bertz CT molecular complexity index is 649. The largest absolute Gasteiger partial charge is 0.490 e. The molecule has 0 aliphatic carbocycles. The molecule has 1 N–H and O–H groups in total. The highest BCUT2D eigenvalue weighted by atomic mass is 35.5. The maximum Gasteiger partial charge on any atom is 0.163 e. The van der Waals surface area contributed by atoms with E-state index < -0.39 is 0 Å². The highest BCUT2D eigenvalue weighted by Crippen LogP contribution is 2.34. The minimum Gasteiger partial charge on any atom is -0.490 e. The van der Waals surface area contributed by atoms with E-state index in [2.05, 4.69) is 5.32 Å². The van der Waals surface area contributed by atoms with Gasteiger partial charge in [-0.25, -0.2) is 0 Å². The maximum absolute atomic E-state index is 6.45. The first-order valence-electron chi connectivity index (χ1n) is 9.15. The predicted octanol–water partition coefficient (Wildman–Crippen LogP) is 4.83. The van der Waals surface area contributed by atoms with E-state index in [1.807, 2.05) is 56.3 Å². The Morgan fingerprint density at radius 2 is 1.73 bits per heavy atom. The molecule has 0 fully saturated rings. The summed E-state index contributed by atoms with van der Waals surface area (Å²) in [6.07, 6.45) is 0.974. The van der Waals surface area contributed by atoms with E-state index in [1.54, 1.807) is 0 Å². The number of hydrogen-bond acceptors (Lipinski definition) is 4. The molecule has 0 aliphatic rings. The van der Waals surface area contributed by atoms with Crippen LogP contribution in [0.5, 0.6) is 11.5 Å². The molecular formula is C21H28ClNO3. The molecule has 0 amide bonds. The zero-order valence-corrected chi connectivity index (χ0v) is 16.3. The summed E-state index contributed by atoms with van der Waals surface area (Å²) in [7, 11) is 0. The van der Waals surface area contributed by atoms with Crippen molar-refractivity contribution >= 4 is 11.6 Å². The van der Waals surface area contributed by atoms with Gasteiger partial charge in [0, 0.05) is 30.8 Å². The van der Waals surface area contributed by atoms with Crippen LogP contribution >= 0.6 is 11.6 Å². The van der Waals surface area contributed by atoms with Gasteiger partial charge in [0.1, 0.15) is 6.61 Å². The average molecular weight is 378 g/mol. The van der Waals surface area contributed by atoms with Gasteiger partial charge in [0.15, 0.2) is 11.5 Å². The van der Waals surface area contributed by atoms with Crippen LogP contribution in [0.4, 0.5) is 0 Å². The molecule has 0 saturated carbocycles. The summed E-state index contributed by atoms with van der Waals surface area (Å²) in [5.74, 6) is 1.39. The molecular weight excluding hydrogens is 350 g/mol. The minimum atomic E-state index is 0.478. The van der Waals surface area contributed by atoms with Crippen LogP contribution in [0.2, 0.25) is 5.02 Å². The van der Waals surface area contributed by atoms with E-state index >= 15 is 0 Å². The van der Waals surface area contributed by atoms with Crippen molar-refractivity contribution in [2.45, 2.75) is 33.4 Å². The van der Waals surface area contributed by atoms with Crippen LogP contribution in [0.15, 0.2) is 42.5 Å². The smallest absolute Gasteiger partial charge is 0.163 e. The van der Waals surface area contributed by atoms with Gasteiger partial charge in [-0.2, -0.15) is 0 Å². The predicted molar refractivity (Wildman–Crippen MR) is 106 cm³/mol. The number of halogens is 1. The number of nitrogens with one attached hydrogen (secondary N) is 1. The van der Waals surface area contributed by atoms with Crippen LogP contribution in [0.25, 0.3) is 0 Å². The van der Waals surface area contributed by atoms with Crippen molar-refractivity contribution < 1.29 is 14.2 Å². The lowest BCUT2D eigenvalue weighted by molar-refractivity contribution is 0.144. The zero-order chi connectivity index (χ0) is 18.6. The Balaban J connectivity index is 1.97. The van der Waals surface area contributed by atoms with Gasteiger partial charge in [-0.3, -0.25) is 0 Å². The van der Waals surface area contributed by atoms with E-state index in [9.17, 15) is 0 Å². The van der Waals surface area contributed by atoms with Crippen molar-refractivity contribution in [3.05, 3.63) is 58.6 Å². The quantitative estimate of drug-likeness (QED) is 0.537. The lowest BCUT2D eigenvalue weighted by Crippen LogP contribution is -2.16. The van der Waals surface area contributed by atoms with Gasteiger partial charge in [-0.15, -0.1) is 0 Å². The standard InChI is InChI=1S/C21H28ClNO3/c1-3-24-12-8-11-23-15-18-13-20(25-4-2)21(14-19(18)22)26-16-17-9-6-5-7-10-17/h5-7,9-10,13-14,23H,3-4,8,11-12,15-16H2,1-2H3. The summed E-state index contributed by atoms with van der Waals surface area (Å²) >= 11 is 6.45. The molecule has 142 valence electrons. The summed E-state index contributed by atoms with van der Waals surface area (Å²) in [5, 5.41) is 4.06. The molecule has 4 nitrogen and oxygen atoms in total. The first kappa shape index (κ1) is 20.6. The third-order valence-corrected chi connectivity index (χ3v) is 4.16. The second-order valence-electron chi connectivity index (χ2n) is 5.82. The van der Waals surface area contributed by atoms with Crippen LogP contribution in [0.3, 0.4) is 0 Å². The monoisotopic (exact) mass is 377 g/mol. The second-order valence-corrected chi connectivity index (χ2v) is 6.23. The van der Waals surface area contributed by atoms with Crippen molar-refractivity contribution in [3.8, 4) is 11.5 Å². The molecule has 0 aliphatic heterocycles. The molecule has 0 spiro atoms. The Morgan fingerprint density at radius 3 is 2.46 bits per heavy atom. The molecule has 2 rings (SSSR count). The fourth-order valence-corrected chi connectivity index (χ4v) is 2.72. The van der Waals surface area contributed by atoms with Gasteiger partial charge in [-0.1, -0.05) is 41.9 Å².